The summed E-state index contributed by atoms with van der Waals surface area (Å²) < 4.78 is 140. The van der Waals surface area contributed by atoms with Crippen molar-refractivity contribution in [2.24, 2.45) is 0 Å². The van der Waals surface area contributed by atoms with Crippen molar-refractivity contribution in [1.82, 2.24) is 44.3 Å². The number of halogens is 9. The van der Waals surface area contributed by atoms with E-state index in [4.69, 9.17) is 29.4 Å². The van der Waals surface area contributed by atoms with Gasteiger partial charge in [0, 0.05) is 58.4 Å². The molecule has 16 nitrogen and oxygen atoms in total. The van der Waals surface area contributed by atoms with E-state index in [2.05, 4.69) is 52.1 Å². The molecule has 9 heterocycles. The molecule has 0 amide bonds. The maximum absolute atomic E-state index is 13.2. The van der Waals surface area contributed by atoms with Crippen LogP contribution in [0.5, 0.6) is 17.2 Å². The highest BCUT2D eigenvalue weighted by Gasteiger charge is 2.37. The Morgan fingerprint density at radius 2 is 0.897 bits per heavy atom. The maximum Gasteiger partial charge on any atom is 0.416 e. The third-order valence-electron chi connectivity index (χ3n) is 16.0. The Kier molecular flexibility index (Phi) is 16.9. The number of benzene rings is 3. The lowest BCUT2D eigenvalue weighted by Crippen LogP contribution is -2.42. The van der Waals surface area contributed by atoms with Crippen molar-refractivity contribution < 1.29 is 58.5 Å². The Labute approximate surface area is 495 Å². The fourth-order valence-electron chi connectivity index (χ4n) is 11.8. The van der Waals surface area contributed by atoms with Crippen LogP contribution in [0.1, 0.15) is 87.2 Å². The van der Waals surface area contributed by atoms with Crippen LogP contribution in [0.3, 0.4) is 0 Å². The molecule has 12 rings (SSSR count). The number of methoxy groups -OCH3 is 3. The van der Waals surface area contributed by atoms with Gasteiger partial charge >= 0.3 is 18.5 Å². The molecule has 9 aromatic rings. The second-order valence-corrected chi connectivity index (χ2v) is 21.7. The quantitative estimate of drug-likeness (QED) is 0.0860. The lowest BCUT2D eigenvalue weighted by atomic mass is 10.0. The number of aromatic nitrogens is 9. The summed E-state index contributed by atoms with van der Waals surface area (Å²) in [5, 5.41) is 17.7. The fourth-order valence-corrected chi connectivity index (χ4v) is 11.8. The summed E-state index contributed by atoms with van der Waals surface area (Å²) in [5.74, 6) is 0.343. The number of hydrogen-bond acceptors (Lipinski definition) is 13. The second-order valence-electron chi connectivity index (χ2n) is 21.7. The van der Waals surface area contributed by atoms with E-state index < -0.39 is 35.2 Å². The zero-order chi connectivity index (χ0) is 62.6. The topological polar surface area (TPSA) is 155 Å². The first-order chi connectivity index (χ1) is 41.4. The molecule has 0 radical (unpaired) electrons. The number of pyridine rings is 3. The molecule has 0 saturated carbocycles. The normalized spacial score (nSPS) is 16.3. The molecule has 3 atom stereocenters. The molecule has 87 heavy (non-hydrogen) atoms. The predicted octanol–water partition coefficient (Wildman–Crippen LogP) is 14.3. The summed E-state index contributed by atoms with van der Waals surface area (Å²) in [6.45, 7) is 17.2. The minimum atomic E-state index is -4.47. The van der Waals surface area contributed by atoms with Crippen LogP contribution >= 0.6 is 0 Å². The molecule has 25 heteroatoms. The molecule has 0 aliphatic carbocycles. The first-order valence-electron chi connectivity index (χ1n) is 28.5. The van der Waals surface area contributed by atoms with E-state index in [9.17, 15) is 44.3 Å². The molecule has 3 aliphatic heterocycles. The number of anilines is 3. The Morgan fingerprint density at radius 3 is 1.26 bits per heavy atom. The lowest BCUT2D eigenvalue weighted by molar-refractivity contribution is -0.138. The minimum Gasteiger partial charge on any atom is -0.496 e. The van der Waals surface area contributed by atoms with Gasteiger partial charge in [-0.15, -0.1) is 0 Å². The monoisotopic (exact) mass is 1210 g/mol. The molecule has 0 bridgehead atoms. The Morgan fingerprint density at radius 1 is 0.517 bits per heavy atom. The molecule has 1 N–H and O–H groups in total. The highest BCUT2D eigenvalue weighted by atomic mass is 19.4. The van der Waals surface area contributed by atoms with Crippen molar-refractivity contribution in [2.75, 3.05) is 49.5 Å². The molecule has 0 saturated heterocycles. The number of aldehydes is 1. The number of ether oxygens (including phenoxy) is 3. The molecule has 0 fully saturated rings. The second kappa shape index (κ2) is 23.9. The average molecular weight is 1210 g/mol. The number of hydrogen-bond donors (Lipinski definition) is 1. The van der Waals surface area contributed by atoms with Crippen LogP contribution in [0.25, 0.3) is 66.9 Å². The van der Waals surface area contributed by atoms with Crippen LogP contribution in [-0.2, 0) is 43.0 Å². The smallest absolute Gasteiger partial charge is 0.416 e. The molecular weight excluding hydrogens is 1150 g/mol. The summed E-state index contributed by atoms with van der Waals surface area (Å²) in [6.07, 6.45) is -8.73. The Balaban J connectivity index is 0.000000145. The highest BCUT2D eigenvalue weighted by Crippen LogP contribution is 2.46. The average Bonchev–Trinajstić information content (AvgIpc) is 1.80. The SMILES string of the molecule is CCCN1c2cc(C)nc3c(-c4ccc(C(F)(F)F)cc4OC)nn(c23)C[C@@H]1CC.CC[C@H]1Cn2nc(-c3ccc(C(F)(F)F)cc3OC)c3nc(C)cc(c32)N1.CC[C@H]1Cn2nc(-c3ccc(C(F)(F)F)cc3OC)c3nc(C)cc(c32)N1CC=O. The van der Waals surface area contributed by atoms with E-state index in [0.717, 1.165) is 126 Å². The fraction of sp³-hybridized carbons (Fsp3) is 0.403. The molecule has 3 aliphatic rings. The summed E-state index contributed by atoms with van der Waals surface area (Å²) >= 11 is 0. The van der Waals surface area contributed by atoms with Crippen LogP contribution in [0, 0.1) is 20.8 Å². The van der Waals surface area contributed by atoms with E-state index >= 15 is 0 Å². The molecule has 6 aromatic heterocycles. The Bertz CT molecular complexity index is 4060. The Hall–Kier alpha value is -8.64. The number of carbonyl (C=O) groups is 1. The van der Waals surface area contributed by atoms with Crippen LogP contribution in [0.15, 0.2) is 72.8 Å². The van der Waals surface area contributed by atoms with Gasteiger partial charge in [-0.25, -0.2) is 15.0 Å². The standard InChI is InChI=1S/C22H25F3N4O.C21H21F3N4O2.C19H19F3N4O/c1-5-9-28-15(6-2)12-29-21-17(28)10-13(3)26-20(21)19(27-29)16-8-7-14(22(23,24)25)11-18(16)30-4;1-4-14-11-28-20-16(27(14)7-8-29)9-12(2)25-19(20)18(26-28)15-6-5-13(21(22,23)24)10-17(15)30-3;1-4-12-9-26-18-14(24-12)7-10(2)23-17(18)16(25-26)13-6-5-11(19(20,21)22)8-15(13)27-3/h7-8,10-11,15H,5-6,9,12H2,1-4H3;5-6,8-10,14H,4,7,11H2,1-3H3;5-8,12,24H,4,9H2,1-3H3/t15-;14-;12-/m000/s1. The van der Waals surface area contributed by atoms with Gasteiger partial charge in [0.25, 0.3) is 0 Å². The van der Waals surface area contributed by atoms with Crippen molar-refractivity contribution in [3.63, 3.8) is 0 Å². The zero-order valence-corrected chi connectivity index (χ0v) is 49.6. The number of rotatable bonds is 13. The van der Waals surface area contributed by atoms with Gasteiger partial charge in [-0.1, -0.05) is 27.7 Å². The van der Waals surface area contributed by atoms with Gasteiger partial charge in [0.1, 0.15) is 73.7 Å². The van der Waals surface area contributed by atoms with Crippen molar-refractivity contribution >= 4 is 56.4 Å². The molecule has 0 spiro atoms. The van der Waals surface area contributed by atoms with E-state index in [-0.39, 0.29) is 35.9 Å². The van der Waals surface area contributed by atoms with Gasteiger partial charge in [-0.3, -0.25) is 14.0 Å². The molecular formula is C62H65F9N12O4. The summed E-state index contributed by atoms with van der Waals surface area (Å²) in [5.41, 5.74) is 10.5. The summed E-state index contributed by atoms with van der Waals surface area (Å²) in [4.78, 5) is 29.7. The van der Waals surface area contributed by atoms with Crippen molar-refractivity contribution in [2.45, 2.75) is 130 Å². The van der Waals surface area contributed by atoms with Gasteiger partial charge in [-0.05, 0) is 119 Å². The first kappa shape index (κ1) is 61.4. The third-order valence-corrected chi connectivity index (χ3v) is 16.0. The molecule has 0 unspecified atom stereocenters. The first-order valence-corrected chi connectivity index (χ1v) is 28.5. The summed E-state index contributed by atoms with van der Waals surface area (Å²) in [7, 11) is 4.06. The van der Waals surface area contributed by atoms with Gasteiger partial charge < -0.3 is 34.1 Å². The minimum absolute atomic E-state index is 0.0787. The lowest BCUT2D eigenvalue weighted by Gasteiger charge is -2.37. The number of nitrogens with one attached hydrogen (secondary N) is 1. The largest absolute Gasteiger partial charge is 0.496 e. The van der Waals surface area contributed by atoms with Gasteiger partial charge in [-0.2, -0.15) is 54.8 Å². The van der Waals surface area contributed by atoms with Crippen molar-refractivity contribution in [1.29, 1.82) is 0 Å². The van der Waals surface area contributed by atoms with Gasteiger partial charge in [0.05, 0.1) is 81.3 Å². The number of aryl methyl sites for hydroxylation is 3. The van der Waals surface area contributed by atoms with Gasteiger partial charge in [0.15, 0.2) is 0 Å². The number of carbonyl (C=O) groups excluding carboxylic acids is 1. The highest BCUT2D eigenvalue weighted by molar-refractivity contribution is 6.02. The molecule has 3 aromatic carbocycles. The van der Waals surface area contributed by atoms with E-state index in [1.165, 1.54) is 39.5 Å². The number of alkyl halides is 9. The van der Waals surface area contributed by atoms with Crippen LogP contribution < -0.4 is 29.3 Å². The van der Waals surface area contributed by atoms with Crippen LogP contribution in [-0.4, -0.2) is 103 Å². The van der Waals surface area contributed by atoms with Crippen molar-refractivity contribution in [3.05, 3.63) is 107 Å². The maximum atomic E-state index is 13.2. The number of nitrogens with zero attached hydrogens (tertiary/aromatic N) is 11. The third kappa shape index (κ3) is 11.6. The van der Waals surface area contributed by atoms with Gasteiger partial charge in [0.2, 0.25) is 0 Å². The van der Waals surface area contributed by atoms with E-state index in [0.29, 0.717) is 76.0 Å². The summed E-state index contributed by atoms with van der Waals surface area (Å²) in [6, 6.07) is 16.9. The van der Waals surface area contributed by atoms with Crippen LogP contribution in [0.2, 0.25) is 0 Å². The predicted molar refractivity (Wildman–Crippen MR) is 315 cm³/mol. The van der Waals surface area contributed by atoms with Crippen LogP contribution in [0.4, 0.5) is 56.6 Å². The van der Waals surface area contributed by atoms with E-state index in [1.807, 2.05) is 58.8 Å². The zero-order valence-electron chi connectivity index (χ0n) is 49.6. The van der Waals surface area contributed by atoms with Crippen molar-refractivity contribution in [3.8, 4) is 51.0 Å². The van der Waals surface area contributed by atoms with E-state index in [1.54, 1.807) is 0 Å². The molecule has 460 valence electrons.